The second-order valence-electron chi connectivity index (χ2n) is 8.07. The zero-order valence-electron chi connectivity index (χ0n) is 16.2. The number of nitrogens with one attached hydrogen (secondary N) is 2. The molecule has 2 aromatic carbocycles. The Morgan fingerprint density at radius 2 is 1.83 bits per heavy atom. The molecule has 1 atom stereocenters. The Hall–Kier alpha value is -3.15. The van der Waals surface area contributed by atoms with Gasteiger partial charge in [0.05, 0.1) is 11.0 Å². The molecule has 1 saturated heterocycles. The number of hydrogen-bond donors (Lipinski definition) is 2. The summed E-state index contributed by atoms with van der Waals surface area (Å²) < 4.78 is 0. The molecule has 1 aromatic heterocycles. The number of aromatic amines is 1. The van der Waals surface area contributed by atoms with E-state index in [0.717, 1.165) is 54.8 Å². The molecule has 0 bridgehead atoms. The highest BCUT2D eigenvalue weighted by Gasteiger charge is 2.30. The third-order valence-electron chi connectivity index (χ3n) is 5.85. The first-order valence-corrected chi connectivity index (χ1v) is 10.3. The number of aromatic nitrogens is 2. The Morgan fingerprint density at radius 3 is 2.59 bits per heavy atom. The molecule has 1 saturated carbocycles. The van der Waals surface area contributed by atoms with Crippen LogP contribution in [0.1, 0.15) is 47.8 Å². The minimum atomic E-state index is 0.0332. The molecule has 0 spiro atoms. The van der Waals surface area contributed by atoms with Crippen LogP contribution in [0.2, 0.25) is 0 Å². The van der Waals surface area contributed by atoms with Crippen LogP contribution in [0.3, 0.4) is 0 Å². The van der Waals surface area contributed by atoms with E-state index in [2.05, 4.69) is 10.3 Å². The molecule has 6 heteroatoms. The van der Waals surface area contributed by atoms with Crippen molar-refractivity contribution in [2.75, 3.05) is 18.4 Å². The number of fused-ring (bicyclic) bond motifs is 1. The van der Waals surface area contributed by atoms with Gasteiger partial charge in [-0.2, -0.15) is 0 Å². The van der Waals surface area contributed by atoms with E-state index in [1.807, 2.05) is 41.3 Å². The van der Waals surface area contributed by atoms with Crippen molar-refractivity contribution >= 4 is 28.5 Å². The normalized spacial score (nSPS) is 19.3. The van der Waals surface area contributed by atoms with Gasteiger partial charge in [-0.15, -0.1) is 0 Å². The second-order valence-corrected chi connectivity index (χ2v) is 8.07. The largest absolute Gasteiger partial charge is 0.342 e. The number of nitrogens with zero attached hydrogens (tertiary/aromatic N) is 2. The van der Waals surface area contributed by atoms with Gasteiger partial charge in [-0.1, -0.05) is 12.1 Å². The Balaban J connectivity index is 1.27. The number of piperidine rings is 1. The average Bonchev–Trinajstić information content (AvgIpc) is 3.52. The van der Waals surface area contributed by atoms with Crippen LogP contribution in [0.15, 0.2) is 48.5 Å². The predicted octanol–water partition coefficient (Wildman–Crippen LogP) is 3.93. The molecule has 2 aliphatic rings. The summed E-state index contributed by atoms with van der Waals surface area (Å²) in [5.74, 6) is 1.46. The summed E-state index contributed by atoms with van der Waals surface area (Å²) in [5, 5.41) is 2.91. The first-order chi connectivity index (χ1) is 14.2. The Bertz CT molecular complexity index is 1020. The lowest BCUT2D eigenvalue weighted by molar-refractivity contribution is -0.117. The van der Waals surface area contributed by atoms with Crippen LogP contribution in [0.25, 0.3) is 11.0 Å². The molecular weight excluding hydrogens is 364 g/mol. The van der Waals surface area contributed by atoms with E-state index in [9.17, 15) is 9.59 Å². The average molecular weight is 388 g/mol. The summed E-state index contributed by atoms with van der Waals surface area (Å²) in [6, 6.07) is 15.2. The number of hydrogen-bond acceptors (Lipinski definition) is 3. The molecule has 2 N–H and O–H groups in total. The number of anilines is 1. The lowest BCUT2D eigenvalue weighted by atomic mass is 9.96. The fourth-order valence-electron chi connectivity index (χ4n) is 4.02. The van der Waals surface area contributed by atoms with Gasteiger partial charge in [0, 0.05) is 36.2 Å². The standard InChI is InChI=1S/C23H24N4O2/c28-22(15-7-8-15)24-18-11-9-16(10-12-18)23(29)27-13-3-4-17(14-27)21-25-19-5-1-2-6-20(19)26-21/h1-2,5-6,9-12,15,17H,3-4,7-8,13-14H2,(H,24,28)(H,25,26). The summed E-state index contributed by atoms with van der Waals surface area (Å²) in [6.07, 6.45) is 3.94. The fraction of sp³-hybridized carbons (Fsp3) is 0.348. The smallest absolute Gasteiger partial charge is 0.253 e. The van der Waals surface area contributed by atoms with E-state index >= 15 is 0 Å². The van der Waals surface area contributed by atoms with Crippen molar-refractivity contribution in [3.8, 4) is 0 Å². The molecule has 1 unspecified atom stereocenters. The van der Waals surface area contributed by atoms with Crippen molar-refractivity contribution in [2.45, 2.75) is 31.6 Å². The molecule has 2 fully saturated rings. The monoisotopic (exact) mass is 388 g/mol. The maximum Gasteiger partial charge on any atom is 0.253 e. The van der Waals surface area contributed by atoms with Crippen LogP contribution < -0.4 is 5.32 Å². The fourth-order valence-corrected chi connectivity index (χ4v) is 4.02. The number of imidazole rings is 1. The van der Waals surface area contributed by atoms with E-state index in [0.29, 0.717) is 12.1 Å². The van der Waals surface area contributed by atoms with Gasteiger partial charge in [0.1, 0.15) is 5.82 Å². The van der Waals surface area contributed by atoms with Gasteiger partial charge in [0.25, 0.3) is 5.91 Å². The Morgan fingerprint density at radius 1 is 1.03 bits per heavy atom. The first kappa shape index (κ1) is 17.9. The molecule has 0 radical (unpaired) electrons. The van der Waals surface area contributed by atoms with Gasteiger partial charge in [0.2, 0.25) is 5.91 Å². The molecule has 5 rings (SSSR count). The summed E-state index contributed by atoms with van der Waals surface area (Å²) in [5.41, 5.74) is 3.40. The Labute approximate surface area is 169 Å². The summed E-state index contributed by atoms with van der Waals surface area (Å²) >= 11 is 0. The molecule has 2 heterocycles. The van der Waals surface area contributed by atoms with Crippen molar-refractivity contribution in [1.82, 2.24) is 14.9 Å². The lowest BCUT2D eigenvalue weighted by Crippen LogP contribution is -2.39. The van der Waals surface area contributed by atoms with Crippen molar-refractivity contribution in [2.24, 2.45) is 5.92 Å². The third-order valence-corrected chi connectivity index (χ3v) is 5.85. The molecular formula is C23H24N4O2. The predicted molar refractivity (Wildman–Crippen MR) is 112 cm³/mol. The third kappa shape index (κ3) is 3.75. The van der Waals surface area contributed by atoms with Gasteiger partial charge < -0.3 is 15.2 Å². The topological polar surface area (TPSA) is 78.1 Å². The van der Waals surface area contributed by atoms with Crippen LogP contribution in [0, 0.1) is 5.92 Å². The molecule has 148 valence electrons. The summed E-state index contributed by atoms with van der Waals surface area (Å²) in [7, 11) is 0. The van der Waals surface area contributed by atoms with Crippen LogP contribution in [-0.2, 0) is 4.79 Å². The van der Waals surface area contributed by atoms with Gasteiger partial charge in [0.15, 0.2) is 0 Å². The number of carbonyl (C=O) groups is 2. The minimum absolute atomic E-state index is 0.0332. The summed E-state index contributed by atoms with van der Waals surface area (Å²) in [6.45, 7) is 1.43. The summed E-state index contributed by atoms with van der Waals surface area (Å²) in [4.78, 5) is 34.9. The van der Waals surface area contributed by atoms with E-state index < -0.39 is 0 Å². The van der Waals surface area contributed by atoms with Crippen molar-refractivity contribution in [3.63, 3.8) is 0 Å². The molecule has 3 aromatic rings. The molecule has 1 aliphatic heterocycles. The lowest BCUT2D eigenvalue weighted by Gasteiger charge is -2.32. The van der Waals surface area contributed by atoms with E-state index in [1.165, 1.54) is 0 Å². The minimum Gasteiger partial charge on any atom is -0.342 e. The highest BCUT2D eigenvalue weighted by atomic mass is 16.2. The molecule has 6 nitrogen and oxygen atoms in total. The second kappa shape index (κ2) is 7.35. The van der Waals surface area contributed by atoms with Gasteiger partial charge in [-0.3, -0.25) is 9.59 Å². The molecule has 2 amide bonds. The van der Waals surface area contributed by atoms with Crippen molar-refractivity contribution < 1.29 is 9.59 Å². The van der Waals surface area contributed by atoms with Crippen LogP contribution >= 0.6 is 0 Å². The highest BCUT2D eigenvalue weighted by molar-refractivity contribution is 5.97. The molecule has 1 aliphatic carbocycles. The number of likely N-dealkylation sites (tertiary alicyclic amines) is 1. The number of benzene rings is 2. The maximum absolute atomic E-state index is 13.0. The van der Waals surface area contributed by atoms with Crippen LogP contribution in [-0.4, -0.2) is 39.8 Å². The molecule has 29 heavy (non-hydrogen) atoms. The quantitative estimate of drug-likeness (QED) is 0.711. The number of H-pyrrole nitrogens is 1. The number of rotatable bonds is 4. The van der Waals surface area contributed by atoms with Crippen molar-refractivity contribution in [3.05, 3.63) is 59.9 Å². The van der Waals surface area contributed by atoms with Gasteiger partial charge in [-0.25, -0.2) is 4.98 Å². The highest BCUT2D eigenvalue weighted by Crippen LogP contribution is 2.30. The maximum atomic E-state index is 13.0. The Kier molecular flexibility index (Phi) is 4.54. The zero-order valence-corrected chi connectivity index (χ0v) is 16.2. The van der Waals surface area contributed by atoms with Crippen molar-refractivity contribution in [1.29, 1.82) is 0 Å². The number of para-hydroxylation sites is 2. The van der Waals surface area contributed by atoms with E-state index in [4.69, 9.17) is 4.98 Å². The van der Waals surface area contributed by atoms with E-state index in [1.54, 1.807) is 12.1 Å². The van der Waals surface area contributed by atoms with Gasteiger partial charge in [-0.05, 0) is 62.1 Å². The van der Waals surface area contributed by atoms with Crippen LogP contribution in [0.5, 0.6) is 0 Å². The number of carbonyl (C=O) groups excluding carboxylic acids is 2. The zero-order chi connectivity index (χ0) is 19.8. The SMILES string of the molecule is O=C(Nc1ccc(C(=O)N2CCCC(c3nc4ccccc4[nH]3)C2)cc1)C1CC1. The number of amides is 2. The first-order valence-electron chi connectivity index (χ1n) is 10.3. The van der Waals surface area contributed by atoms with E-state index in [-0.39, 0.29) is 23.7 Å². The van der Waals surface area contributed by atoms with Crippen LogP contribution in [0.4, 0.5) is 5.69 Å². The van der Waals surface area contributed by atoms with Gasteiger partial charge >= 0.3 is 0 Å².